The molecule has 0 aromatic heterocycles. The van der Waals surface area contributed by atoms with E-state index in [1.54, 1.807) is 13.2 Å². The van der Waals surface area contributed by atoms with Crippen molar-refractivity contribution >= 4 is 11.6 Å². The third-order valence-corrected chi connectivity index (χ3v) is 2.50. The molecule has 1 unspecified atom stereocenters. The Bertz CT molecular complexity index is 330. The lowest BCUT2D eigenvalue weighted by Gasteiger charge is -2.24. The van der Waals surface area contributed by atoms with E-state index in [9.17, 15) is 0 Å². The molecule has 1 rings (SSSR count). The molecule has 4 nitrogen and oxygen atoms in total. The molecule has 0 aliphatic carbocycles. The third-order valence-electron chi connectivity index (χ3n) is 2.18. The van der Waals surface area contributed by atoms with E-state index < -0.39 is 0 Å². The van der Waals surface area contributed by atoms with E-state index in [1.165, 1.54) is 0 Å². The summed E-state index contributed by atoms with van der Waals surface area (Å²) in [5.41, 5.74) is 3.62. The summed E-state index contributed by atoms with van der Waals surface area (Å²) in [5.74, 6) is 6.20. The highest BCUT2D eigenvalue weighted by atomic mass is 35.5. The summed E-state index contributed by atoms with van der Waals surface area (Å²) in [6.07, 6.45) is -0.108. The first kappa shape index (κ1) is 12.3. The topological polar surface area (TPSA) is 50.5 Å². The van der Waals surface area contributed by atoms with Gasteiger partial charge in [0.2, 0.25) is 0 Å². The van der Waals surface area contributed by atoms with Gasteiger partial charge in [-0.15, -0.1) is 0 Å². The van der Waals surface area contributed by atoms with Gasteiger partial charge in [0.1, 0.15) is 5.75 Å². The number of rotatable bonds is 4. The highest BCUT2D eigenvalue weighted by molar-refractivity contribution is 6.31. The number of nitrogens with zero attached hydrogens (tertiary/aromatic N) is 1. The van der Waals surface area contributed by atoms with Crippen LogP contribution < -0.4 is 16.0 Å². The summed E-state index contributed by atoms with van der Waals surface area (Å²) in [6, 6.07) is 5.52. The minimum Gasteiger partial charge on any atom is -0.497 e. The van der Waals surface area contributed by atoms with Crippen molar-refractivity contribution in [2.24, 2.45) is 5.84 Å². The number of benzene rings is 1. The van der Waals surface area contributed by atoms with Crippen LogP contribution in [0.4, 0.5) is 0 Å². The fraction of sp³-hybridized carbons (Fsp3) is 0.400. The fourth-order valence-electron chi connectivity index (χ4n) is 1.37. The maximum Gasteiger partial charge on any atom is 0.120 e. The molecular weight excluding hydrogens is 214 g/mol. The van der Waals surface area contributed by atoms with Crippen molar-refractivity contribution in [3.63, 3.8) is 0 Å². The Morgan fingerprint density at radius 2 is 2.13 bits per heavy atom. The van der Waals surface area contributed by atoms with Crippen LogP contribution in [0.25, 0.3) is 0 Å². The van der Waals surface area contributed by atoms with E-state index in [4.69, 9.17) is 22.2 Å². The summed E-state index contributed by atoms with van der Waals surface area (Å²) in [5, 5.41) is 0.631. The number of hydrogen-bond acceptors (Lipinski definition) is 4. The Kier molecular flexibility index (Phi) is 4.35. The zero-order valence-corrected chi connectivity index (χ0v) is 9.88. The number of halogens is 1. The van der Waals surface area contributed by atoms with E-state index in [2.05, 4.69) is 5.43 Å². The second-order valence-electron chi connectivity index (χ2n) is 3.42. The molecule has 0 heterocycles. The van der Waals surface area contributed by atoms with Crippen molar-refractivity contribution in [2.45, 2.75) is 6.17 Å². The van der Waals surface area contributed by atoms with E-state index in [0.717, 1.165) is 11.3 Å². The lowest BCUT2D eigenvalue weighted by atomic mass is 10.1. The lowest BCUT2D eigenvalue weighted by Crippen LogP contribution is -2.37. The van der Waals surface area contributed by atoms with Crippen LogP contribution in [0.2, 0.25) is 5.02 Å². The van der Waals surface area contributed by atoms with Crippen LogP contribution in [0.3, 0.4) is 0 Å². The van der Waals surface area contributed by atoms with Gasteiger partial charge >= 0.3 is 0 Å². The normalized spacial score (nSPS) is 12.9. The first-order chi connectivity index (χ1) is 7.10. The molecule has 0 saturated carbocycles. The van der Waals surface area contributed by atoms with Gasteiger partial charge in [-0.3, -0.25) is 10.7 Å². The molecule has 0 aliphatic heterocycles. The van der Waals surface area contributed by atoms with Gasteiger partial charge in [-0.2, -0.15) is 0 Å². The van der Waals surface area contributed by atoms with Crippen LogP contribution in [0.1, 0.15) is 11.7 Å². The summed E-state index contributed by atoms with van der Waals surface area (Å²) in [4.78, 5) is 1.94. The van der Waals surface area contributed by atoms with Crippen LogP contribution in [0.15, 0.2) is 18.2 Å². The number of ether oxygens (including phenoxy) is 1. The summed E-state index contributed by atoms with van der Waals surface area (Å²) in [6.45, 7) is 0. The van der Waals surface area contributed by atoms with Crippen molar-refractivity contribution in [3.8, 4) is 5.75 Å². The molecule has 0 radical (unpaired) electrons. The van der Waals surface area contributed by atoms with Gasteiger partial charge in [0, 0.05) is 5.56 Å². The van der Waals surface area contributed by atoms with Crippen LogP contribution in [0.5, 0.6) is 5.75 Å². The second kappa shape index (κ2) is 5.32. The lowest BCUT2D eigenvalue weighted by molar-refractivity contribution is 0.253. The number of nitrogens with two attached hydrogens (primary N) is 1. The molecule has 0 amide bonds. The number of hydrogen-bond donors (Lipinski definition) is 2. The van der Waals surface area contributed by atoms with Gasteiger partial charge in [0.15, 0.2) is 0 Å². The van der Waals surface area contributed by atoms with Crippen molar-refractivity contribution in [2.75, 3.05) is 21.2 Å². The van der Waals surface area contributed by atoms with Crippen molar-refractivity contribution in [3.05, 3.63) is 28.8 Å². The van der Waals surface area contributed by atoms with Crippen LogP contribution >= 0.6 is 11.6 Å². The van der Waals surface area contributed by atoms with Gasteiger partial charge in [0.25, 0.3) is 0 Å². The standard InChI is InChI=1S/C10H16ClN3O/c1-14(2)10(13-12)8-5-4-7(15-3)6-9(8)11/h4-6,10,13H,12H2,1-3H3. The van der Waals surface area contributed by atoms with Crippen LogP contribution in [-0.2, 0) is 0 Å². The minimum atomic E-state index is -0.108. The molecule has 3 N–H and O–H groups in total. The predicted octanol–water partition coefficient (Wildman–Crippen LogP) is 1.37. The quantitative estimate of drug-likeness (QED) is 0.465. The average molecular weight is 230 g/mol. The summed E-state index contributed by atoms with van der Waals surface area (Å²) in [7, 11) is 5.45. The van der Waals surface area contributed by atoms with Gasteiger partial charge in [-0.25, -0.2) is 5.43 Å². The molecule has 1 aromatic carbocycles. The molecular formula is C10H16ClN3O. The Morgan fingerprint density at radius 1 is 1.47 bits per heavy atom. The Labute approximate surface area is 94.9 Å². The molecule has 0 spiro atoms. The van der Waals surface area contributed by atoms with Crippen molar-refractivity contribution in [1.29, 1.82) is 0 Å². The van der Waals surface area contributed by atoms with Crippen LogP contribution in [-0.4, -0.2) is 26.1 Å². The van der Waals surface area contributed by atoms with E-state index >= 15 is 0 Å². The van der Waals surface area contributed by atoms with E-state index in [0.29, 0.717) is 5.02 Å². The predicted molar refractivity (Wildman–Crippen MR) is 61.8 cm³/mol. The van der Waals surface area contributed by atoms with Crippen molar-refractivity contribution < 1.29 is 4.74 Å². The molecule has 5 heteroatoms. The van der Waals surface area contributed by atoms with Gasteiger partial charge < -0.3 is 4.74 Å². The highest BCUT2D eigenvalue weighted by Gasteiger charge is 2.15. The first-order valence-electron chi connectivity index (χ1n) is 4.56. The third kappa shape index (κ3) is 2.82. The van der Waals surface area contributed by atoms with Gasteiger partial charge in [-0.05, 0) is 26.2 Å². The monoisotopic (exact) mass is 229 g/mol. The molecule has 0 saturated heterocycles. The minimum absolute atomic E-state index is 0.108. The Balaban J connectivity index is 3.03. The number of hydrazine groups is 1. The number of methoxy groups -OCH3 is 1. The molecule has 15 heavy (non-hydrogen) atoms. The van der Waals surface area contributed by atoms with Gasteiger partial charge in [0.05, 0.1) is 18.3 Å². The molecule has 0 fully saturated rings. The fourth-order valence-corrected chi connectivity index (χ4v) is 1.65. The van der Waals surface area contributed by atoms with Gasteiger partial charge in [-0.1, -0.05) is 17.7 Å². The summed E-state index contributed by atoms with van der Waals surface area (Å²) >= 11 is 6.12. The highest BCUT2D eigenvalue weighted by Crippen LogP contribution is 2.27. The van der Waals surface area contributed by atoms with E-state index in [-0.39, 0.29) is 6.17 Å². The Hall–Kier alpha value is -0.810. The zero-order valence-electron chi connectivity index (χ0n) is 9.12. The first-order valence-corrected chi connectivity index (χ1v) is 4.94. The maximum absolute atomic E-state index is 6.12. The molecule has 0 bridgehead atoms. The second-order valence-corrected chi connectivity index (χ2v) is 3.83. The zero-order chi connectivity index (χ0) is 11.4. The van der Waals surface area contributed by atoms with Crippen LogP contribution in [0, 0.1) is 0 Å². The smallest absolute Gasteiger partial charge is 0.120 e. The van der Waals surface area contributed by atoms with E-state index in [1.807, 2.05) is 31.1 Å². The molecule has 1 atom stereocenters. The maximum atomic E-state index is 6.12. The number of nitrogens with one attached hydrogen (secondary N) is 1. The SMILES string of the molecule is COc1ccc(C(NN)N(C)C)c(Cl)c1. The van der Waals surface area contributed by atoms with Crippen molar-refractivity contribution in [1.82, 2.24) is 10.3 Å². The molecule has 84 valence electrons. The molecule has 0 aliphatic rings. The summed E-state index contributed by atoms with van der Waals surface area (Å²) < 4.78 is 5.07. The average Bonchev–Trinajstić information content (AvgIpc) is 2.20. The Morgan fingerprint density at radius 3 is 2.53 bits per heavy atom. The molecule has 1 aromatic rings. The largest absolute Gasteiger partial charge is 0.497 e.